The fraction of sp³-hybridized carbons (Fsp3) is 1.00. The van der Waals surface area contributed by atoms with E-state index in [-0.39, 0.29) is 5.92 Å². The zero-order valence-electron chi connectivity index (χ0n) is 6.60. The zero-order chi connectivity index (χ0) is 7.56. The Morgan fingerprint density at radius 1 is 1.50 bits per heavy atom. The van der Waals surface area contributed by atoms with Gasteiger partial charge in [-0.1, -0.05) is 0 Å². The number of halogens is 1. The topological polar surface area (TPSA) is 15.3 Å². The molecule has 1 aliphatic heterocycles. The van der Waals surface area contributed by atoms with E-state index in [9.17, 15) is 4.39 Å². The highest BCUT2D eigenvalue weighted by Gasteiger charge is 2.26. The second-order valence-corrected chi connectivity index (χ2v) is 3.20. The summed E-state index contributed by atoms with van der Waals surface area (Å²) in [5, 5.41) is 3.03. The van der Waals surface area contributed by atoms with Gasteiger partial charge in [0.25, 0.3) is 0 Å². The van der Waals surface area contributed by atoms with Crippen LogP contribution in [-0.4, -0.2) is 44.8 Å². The number of nitrogens with zero attached hydrogens (tertiary/aromatic N) is 1. The molecular weight excluding hydrogens is 131 g/mol. The summed E-state index contributed by atoms with van der Waals surface area (Å²) in [6.45, 7) is 2.23. The number of rotatable bonds is 2. The van der Waals surface area contributed by atoms with Gasteiger partial charge >= 0.3 is 0 Å². The molecule has 2 nitrogen and oxygen atoms in total. The molecule has 0 aromatic carbocycles. The number of hydrogen-bond donors (Lipinski definition) is 1. The molecule has 2 atom stereocenters. The molecule has 1 rings (SSSR count). The molecule has 0 aliphatic carbocycles. The van der Waals surface area contributed by atoms with Crippen LogP contribution >= 0.6 is 0 Å². The highest BCUT2D eigenvalue weighted by molar-refractivity contribution is 4.81. The maximum absolute atomic E-state index is 12.9. The Kier molecular flexibility index (Phi) is 2.63. The van der Waals surface area contributed by atoms with Crippen molar-refractivity contribution in [3.05, 3.63) is 0 Å². The summed E-state index contributed by atoms with van der Waals surface area (Å²) >= 11 is 0. The van der Waals surface area contributed by atoms with Crippen molar-refractivity contribution in [3.63, 3.8) is 0 Å². The van der Waals surface area contributed by atoms with E-state index in [4.69, 9.17) is 0 Å². The summed E-state index contributed by atoms with van der Waals surface area (Å²) in [4.78, 5) is 2.03. The van der Waals surface area contributed by atoms with Crippen LogP contribution in [0.1, 0.15) is 0 Å². The second-order valence-electron chi connectivity index (χ2n) is 3.20. The van der Waals surface area contributed by atoms with Crippen molar-refractivity contribution in [2.24, 2.45) is 5.92 Å². The van der Waals surface area contributed by atoms with E-state index in [2.05, 4.69) is 5.32 Å². The quantitative estimate of drug-likeness (QED) is 0.594. The zero-order valence-corrected chi connectivity index (χ0v) is 6.60. The lowest BCUT2D eigenvalue weighted by Gasteiger charge is -2.16. The Labute approximate surface area is 61.4 Å². The Bertz CT molecular complexity index is 106. The second kappa shape index (κ2) is 3.30. The molecule has 0 radical (unpaired) electrons. The smallest absolute Gasteiger partial charge is 0.118 e. The molecule has 0 saturated carbocycles. The van der Waals surface area contributed by atoms with E-state index >= 15 is 0 Å². The van der Waals surface area contributed by atoms with Crippen LogP contribution < -0.4 is 5.32 Å². The monoisotopic (exact) mass is 146 g/mol. The van der Waals surface area contributed by atoms with Crippen molar-refractivity contribution in [1.82, 2.24) is 10.2 Å². The van der Waals surface area contributed by atoms with Crippen molar-refractivity contribution < 1.29 is 4.39 Å². The maximum atomic E-state index is 12.9. The molecule has 1 N–H and O–H groups in total. The average molecular weight is 146 g/mol. The minimum absolute atomic E-state index is 0.204. The summed E-state index contributed by atoms with van der Waals surface area (Å²) in [5.41, 5.74) is 0. The lowest BCUT2D eigenvalue weighted by molar-refractivity contribution is 0.231. The van der Waals surface area contributed by atoms with Crippen molar-refractivity contribution >= 4 is 0 Å². The first kappa shape index (κ1) is 7.95. The molecule has 0 aromatic heterocycles. The lowest BCUT2D eigenvalue weighted by Crippen LogP contribution is -2.27. The average Bonchev–Trinajstić information content (AvgIpc) is 2.15. The van der Waals surface area contributed by atoms with Gasteiger partial charge in [-0.2, -0.15) is 0 Å². The van der Waals surface area contributed by atoms with Gasteiger partial charge in [0.15, 0.2) is 0 Å². The summed E-state index contributed by atoms with van der Waals surface area (Å²) in [6.07, 6.45) is -0.637. The van der Waals surface area contributed by atoms with Crippen molar-refractivity contribution in [2.45, 2.75) is 6.17 Å². The third kappa shape index (κ3) is 1.92. The minimum atomic E-state index is -0.637. The molecule has 3 heteroatoms. The molecule has 0 bridgehead atoms. The predicted octanol–water partition coefficient (Wildman–Crippen LogP) is 0.106. The molecule has 0 spiro atoms. The Hall–Kier alpha value is -0.150. The predicted molar refractivity (Wildman–Crippen MR) is 39.8 cm³/mol. The molecule has 0 aromatic rings. The summed E-state index contributed by atoms with van der Waals surface area (Å²) in [5.74, 6) is 0.204. The Morgan fingerprint density at radius 2 is 2.20 bits per heavy atom. The van der Waals surface area contributed by atoms with Crippen LogP contribution in [0, 0.1) is 5.92 Å². The van der Waals surface area contributed by atoms with E-state index in [0.29, 0.717) is 6.54 Å². The van der Waals surface area contributed by atoms with Gasteiger partial charge in [-0.15, -0.1) is 0 Å². The van der Waals surface area contributed by atoms with Gasteiger partial charge < -0.3 is 10.2 Å². The first-order chi connectivity index (χ1) is 4.70. The largest absolute Gasteiger partial charge is 0.313 e. The third-order valence-corrected chi connectivity index (χ3v) is 1.86. The molecule has 2 unspecified atom stereocenters. The van der Waals surface area contributed by atoms with Crippen LogP contribution in [0.25, 0.3) is 0 Å². The van der Waals surface area contributed by atoms with Gasteiger partial charge in [-0.05, 0) is 14.1 Å². The molecule has 60 valence electrons. The minimum Gasteiger partial charge on any atom is -0.313 e. The molecule has 0 amide bonds. The Morgan fingerprint density at radius 3 is 2.60 bits per heavy atom. The summed E-state index contributed by atoms with van der Waals surface area (Å²) in [7, 11) is 3.95. The molecule has 1 fully saturated rings. The van der Waals surface area contributed by atoms with Crippen molar-refractivity contribution in [2.75, 3.05) is 33.7 Å². The van der Waals surface area contributed by atoms with Crippen molar-refractivity contribution in [1.29, 1.82) is 0 Å². The van der Waals surface area contributed by atoms with Crippen LogP contribution in [0.4, 0.5) is 4.39 Å². The van der Waals surface area contributed by atoms with Crippen LogP contribution in [0.3, 0.4) is 0 Å². The number of nitrogens with one attached hydrogen (secondary N) is 1. The van der Waals surface area contributed by atoms with E-state index in [1.165, 1.54) is 0 Å². The summed E-state index contributed by atoms with van der Waals surface area (Å²) < 4.78 is 12.9. The first-order valence-corrected chi connectivity index (χ1v) is 3.69. The highest BCUT2D eigenvalue weighted by atomic mass is 19.1. The van der Waals surface area contributed by atoms with Gasteiger partial charge in [0, 0.05) is 25.6 Å². The SMILES string of the molecule is CN(C)CC1CNCC1F. The number of alkyl halides is 1. The fourth-order valence-corrected chi connectivity index (χ4v) is 1.35. The van der Waals surface area contributed by atoms with Crippen molar-refractivity contribution in [3.8, 4) is 0 Å². The fourth-order valence-electron chi connectivity index (χ4n) is 1.35. The van der Waals surface area contributed by atoms with Crippen LogP contribution in [-0.2, 0) is 0 Å². The highest BCUT2D eigenvalue weighted by Crippen LogP contribution is 2.12. The molecule has 1 saturated heterocycles. The number of hydrogen-bond acceptors (Lipinski definition) is 2. The standard InChI is InChI=1S/C7H15FN2/c1-10(2)5-6-3-9-4-7(6)8/h6-7,9H,3-5H2,1-2H3. The molecule has 1 aliphatic rings. The molecule has 10 heavy (non-hydrogen) atoms. The van der Waals surface area contributed by atoms with Crippen LogP contribution in [0.5, 0.6) is 0 Å². The van der Waals surface area contributed by atoms with Gasteiger partial charge in [0.2, 0.25) is 0 Å². The maximum Gasteiger partial charge on any atom is 0.118 e. The normalized spacial score (nSPS) is 33.6. The van der Waals surface area contributed by atoms with E-state index in [1.807, 2.05) is 19.0 Å². The molecular formula is C7H15FN2. The van der Waals surface area contributed by atoms with Gasteiger partial charge in [0.05, 0.1) is 0 Å². The van der Waals surface area contributed by atoms with Gasteiger partial charge in [0.1, 0.15) is 6.17 Å². The Balaban J connectivity index is 2.26. The lowest BCUT2D eigenvalue weighted by atomic mass is 10.1. The van der Waals surface area contributed by atoms with Crippen LogP contribution in [0.2, 0.25) is 0 Å². The first-order valence-electron chi connectivity index (χ1n) is 3.69. The van der Waals surface area contributed by atoms with E-state index < -0.39 is 6.17 Å². The van der Waals surface area contributed by atoms with E-state index in [0.717, 1.165) is 13.1 Å². The van der Waals surface area contributed by atoms with Gasteiger partial charge in [-0.25, -0.2) is 4.39 Å². The summed E-state index contributed by atoms with van der Waals surface area (Å²) in [6, 6.07) is 0. The van der Waals surface area contributed by atoms with Gasteiger partial charge in [-0.3, -0.25) is 0 Å². The third-order valence-electron chi connectivity index (χ3n) is 1.86. The molecule has 1 heterocycles. The van der Waals surface area contributed by atoms with Crippen LogP contribution in [0.15, 0.2) is 0 Å². The van der Waals surface area contributed by atoms with E-state index in [1.54, 1.807) is 0 Å².